The van der Waals surface area contributed by atoms with Crippen molar-refractivity contribution in [1.29, 1.82) is 0 Å². The zero-order chi connectivity index (χ0) is 21.7. The summed E-state index contributed by atoms with van der Waals surface area (Å²) >= 11 is 7.61. The van der Waals surface area contributed by atoms with Crippen molar-refractivity contribution in [2.24, 2.45) is 0 Å². The Balaban J connectivity index is 1.92. The average molecular weight is 540 g/mol. The maximum Gasteiger partial charge on any atom is 0.0289 e. The van der Waals surface area contributed by atoms with Gasteiger partial charge in [0, 0.05) is 10.7 Å². The van der Waals surface area contributed by atoms with Gasteiger partial charge in [0.15, 0.2) is 0 Å². The van der Waals surface area contributed by atoms with Crippen LogP contribution in [0.25, 0.3) is 54.2 Å². The Hall–Kier alpha value is -2.68. The van der Waals surface area contributed by atoms with Gasteiger partial charge in [-0.25, -0.2) is 0 Å². The summed E-state index contributed by atoms with van der Waals surface area (Å²) in [6.07, 6.45) is 0. The smallest absolute Gasteiger partial charge is 0.0289 e. The van der Waals surface area contributed by atoms with Gasteiger partial charge >= 0.3 is 0 Å². The normalized spacial score (nSPS) is 11.7. The lowest BCUT2D eigenvalue weighted by atomic mass is 9.85. The number of benzene rings is 6. The fourth-order valence-corrected chi connectivity index (χ4v) is 6.01. The van der Waals surface area contributed by atoms with E-state index in [1.165, 1.54) is 65.3 Å². The SMILES string of the molecule is BrCc1ccc2ccc3ccccc3c2c1-c1c(CBr)ccc2ccc3ccccc3c12. The van der Waals surface area contributed by atoms with E-state index in [1.54, 1.807) is 0 Å². The molecule has 2 heteroatoms. The Morgan fingerprint density at radius 3 is 1.22 bits per heavy atom. The molecule has 0 aliphatic rings. The molecular weight excluding hydrogens is 520 g/mol. The third-order valence-electron chi connectivity index (χ3n) is 6.53. The molecular formula is C30H20Br2. The molecule has 0 bridgehead atoms. The third-order valence-corrected chi connectivity index (χ3v) is 7.74. The number of hydrogen-bond donors (Lipinski definition) is 0. The van der Waals surface area contributed by atoms with Crippen LogP contribution in [0.4, 0.5) is 0 Å². The zero-order valence-corrected chi connectivity index (χ0v) is 20.6. The summed E-state index contributed by atoms with van der Waals surface area (Å²) in [7, 11) is 0. The summed E-state index contributed by atoms with van der Waals surface area (Å²) in [4.78, 5) is 0. The van der Waals surface area contributed by atoms with Crippen molar-refractivity contribution in [3.05, 3.63) is 108 Å². The summed E-state index contributed by atoms with van der Waals surface area (Å²) in [5.74, 6) is 0. The van der Waals surface area contributed by atoms with Crippen molar-refractivity contribution < 1.29 is 0 Å². The summed E-state index contributed by atoms with van der Waals surface area (Å²) in [6, 6.07) is 35.6. The van der Waals surface area contributed by atoms with Crippen LogP contribution in [0.5, 0.6) is 0 Å². The van der Waals surface area contributed by atoms with Crippen molar-refractivity contribution in [3.63, 3.8) is 0 Å². The number of fused-ring (bicyclic) bond motifs is 6. The lowest BCUT2D eigenvalue weighted by Gasteiger charge is -2.20. The second-order valence-corrected chi connectivity index (χ2v) is 9.36. The highest BCUT2D eigenvalue weighted by molar-refractivity contribution is 9.08. The topological polar surface area (TPSA) is 0 Å². The molecule has 6 rings (SSSR count). The molecule has 0 radical (unpaired) electrons. The Morgan fingerprint density at radius 1 is 0.406 bits per heavy atom. The number of hydrogen-bond acceptors (Lipinski definition) is 0. The fourth-order valence-electron chi connectivity index (χ4n) is 5.07. The predicted molar refractivity (Wildman–Crippen MR) is 147 cm³/mol. The molecule has 0 fully saturated rings. The van der Waals surface area contributed by atoms with Gasteiger partial charge in [-0.2, -0.15) is 0 Å². The predicted octanol–water partition coefficient (Wildman–Crippen LogP) is 9.76. The largest absolute Gasteiger partial charge is 0.0876 e. The van der Waals surface area contributed by atoms with Gasteiger partial charge < -0.3 is 0 Å². The van der Waals surface area contributed by atoms with Gasteiger partial charge in [0.1, 0.15) is 0 Å². The highest BCUT2D eigenvalue weighted by Crippen LogP contribution is 2.44. The number of alkyl halides is 2. The quantitative estimate of drug-likeness (QED) is 0.155. The molecule has 0 nitrogen and oxygen atoms in total. The van der Waals surface area contributed by atoms with Crippen LogP contribution in [0.3, 0.4) is 0 Å². The molecule has 0 aromatic heterocycles. The summed E-state index contributed by atoms with van der Waals surface area (Å²) in [5, 5.41) is 12.0. The van der Waals surface area contributed by atoms with Gasteiger partial charge in [0.25, 0.3) is 0 Å². The maximum absolute atomic E-state index is 3.80. The summed E-state index contributed by atoms with van der Waals surface area (Å²) in [6.45, 7) is 0. The van der Waals surface area contributed by atoms with Gasteiger partial charge in [0.2, 0.25) is 0 Å². The van der Waals surface area contributed by atoms with E-state index in [9.17, 15) is 0 Å². The first-order valence-electron chi connectivity index (χ1n) is 10.8. The molecule has 0 N–H and O–H groups in total. The van der Waals surface area contributed by atoms with Crippen molar-refractivity contribution in [2.75, 3.05) is 0 Å². The Kier molecular flexibility index (Phi) is 5.01. The third kappa shape index (κ3) is 3.01. The molecule has 0 unspecified atom stereocenters. The van der Waals surface area contributed by atoms with E-state index in [2.05, 4.69) is 129 Å². The van der Waals surface area contributed by atoms with Crippen LogP contribution in [-0.4, -0.2) is 0 Å². The van der Waals surface area contributed by atoms with Crippen LogP contribution in [-0.2, 0) is 10.7 Å². The van der Waals surface area contributed by atoms with Crippen LogP contribution < -0.4 is 0 Å². The van der Waals surface area contributed by atoms with Crippen molar-refractivity contribution >= 4 is 74.9 Å². The van der Waals surface area contributed by atoms with E-state index in [1.807, 2.05) is 0 Å². The van der Waals surface area contributed by atoms with Crippen LogP contribution >= 0.6 is 31.9 Å². The van der Waals surface area contributed by atoms with Crippen LogP contribution in [0.2, 0.25) is 0 Å². The van der Waals surface area contributed by atoms with E-state index in [0.717, 1.165) is 10.7 Å². The lowest BCUT2D eigenvalue weighted by Crippen LogP contribution is -1.96. The lowest BCUT2D eigenvalue weighted by molar-refractivity contribution is 1.42. The van der Waals surface area contributed by atoms with Crippen LogP contribution in [0.1, 0.15) is 11.1 Å². The van der Waals surface area contributed by atoms with E-state index in [4.69, 9.17) is 0 Å². The highest BCUT2D eigenvalue weighted by atomic mass is 79.9. The summed E-state index contributed by atoms with van der Waals surface area (Å²) in [5.41, 5.74) is 5.31. The minimum Gasteiger partial charge on any atom is -0.0876 e. The van der Waals surface area contributed by atoms with Gasteiger partial charge in [-0.05, 0) is 65.3 Å². The van der Waals surface area contributed by atoms with Crippen LogP contribution in [0, 0.1) is 0 Å². The average Bonchev–Trinajstić information content (AvgIpc) is 2.87. The fraction of sp³-hybridized carbons (Fsp3) is 0.0667. The standard InChI is InChI=1S/C30H20Br2/c31-17-23-15-13-21-11-9-19-5-1-3-7-25(19)27(21)29(23)30-24(18-32)16-14-22-12-10-20-6-2-4-8-26(20)28(22)30/h1-16H,17-18H2. The molecule has 6 aromatic carbocycles. The Labute approximate surface area is 204 Å². The molecule has 32 heavy (non-hydrogen) atoms. The maximum atomic E-state index is 3.80. The zero-order valence-electron chi connectivity index (χ0n) is 17.4. The molecule has 0 saturated heterocycles. The molecule has 0 amide bonds. The van der Waals surface area contributed by atoms with Crippen molar-refractivity contribution in [2.45, 2.75) is 10.7 Å². The second kappa shape index (κ2) is 8.03. The van der Waals surface area contributed by atoms with E-state index < -0.39 is 0 Å². The highest BCUT2D eigenvalue weighted by Gasteiger charge is 2.19. The van der Waals surface area contributed by atoms with Crippen molar-refractivity contribution in [3.8, 4) is 11.1 Å². The molecule has 0 spiro atoms. The molecule has 0 atom stereocenters. The Morgan fingerprint density at radius 2 is 0.781 bits per heavy atom. The molecule has 6 aromatic rings. The van der Waals surface area contributed by atoms with Gasteiger partial charge in [0.05, 0.1) is 0 Å². The first kappa shape index (κ1) is 20.0. The minimum absolute atomic E-state index is 0.810. The van der Waals surface area contributed by atoms with Gasteiger partial charge in [-0.1, -0.05) is 129 Å². The monoisotopic (exact) mass is 538 g/mol. The number of halogens is 2. The first-order chi connectivity index (χ1) is 15.8. The molecule has 0 aliphatic heterocycles. The van der Waals surface area contributed by atoms with E-state index in [-0.39, 0.29) is 0 Å². The molecule has 154 valence electrons. The van der Waals surface area contributed by atoms with Gasteiger partial charge in [-0.3, -0.25) is 0 Å². The number of rotatable bonds is 3. The van der Waals surface area contributed by atoms with Gasteiger partial charge in [-0.15, -0.1) is 0 Å². The first-order valence-corrected chi connectivity index (χ1v) is 13.0. The molecule has 0 saturated carbocycles. The molecule has 0 aliphatic carbocycles. The van der Waals surface area contributed by atoms with Crippen LogP contribution in [0.15, 0.2) is 97.1 Å². The van der Waals surface area contributed by atoms with Crippen molar-refractivity contribution in [1.82, 2.24) is 0 Å². The Bertz CT molecular complexity index is 1520. The summed E-state index contributed by atoms with van der Waals surface area (Å²) < 4.78 is 0. The van der Waals surface area contributed by atoms with E-state index >= 15 is 0 Å². The minimum atomic E-state index is 0.810. The van der Waals surface area contributed by atoms with E-state index in [0.29, 0.717) is 0 Å². The second-order valence-electron chi connectivity index (χ2n) is 8.24. The molecule has 0 heterocycles.